The Labute approximate surface area is 178 Å². The van der Waals surface area contributed by atoms with Gasteiger partial charge in [-0.2, -0.15) is 0 Å². The molecule has 8 nitrogen and oxygen atoms in total. The van der Waals surface area contributed by atoms with E-state index in [1.165, 1.54) is 34.9 Å². The first-order chi connectivity index (χ1) is 15.0. The summed E-state index contributed by atoms with van der Waals surface area (Å²) in [4.78, 5) is 31.3. The summed E-state index contributed by atoms with van der Waals surface area (Å²) in [6.45, 7) is 2.58. The number of carbonyl (C=O) groups excluding carboxylic acids is 1. The number of morpholine rings is 1. The second-order valence-corrected chi connectivity index (χ2v) is 7.10. The van der Waals surface area contributed by atoms with Crippen molar-refractivity contribution in [2.75, 3.05) is 41.8 Å². The van der Waals surface area contributed by atoms with Gasteiger partial charge in [0.15, 0.2) is 0 Å². The van der Waals surface area contributed by atoms with Gasteiger partial charge in [0.2, 0.25) is 0 Å². The van der Waals surface area contributed by atoms with E-state index in [0.29, 0.717) is 49.3 Å². The zero-order chi connectivity index (χ0) is 21.8. The Hall–Kier alpha value is -3.72. The highest BCUT2D eigenvalue weighted by atomic mass is 19.1. The van der Waals surface area contributed by atoms with E-state index < -0.39 is 6.03 Å². The van der Waals surface area contributed by atoms with Crippen LogP contribution in [-0.2, 0) is 11.8 Å². The fourth-order valence-corrected chi connectivity index (χ4v) is 3.27. The van der Waals surface area contributed by atoms with Crippen LogP contribution in [0.4, 0.5) is 26.4 Å². The van der Waals surface area contributed by atoms with E-state index in [-0.39, 0.29) is 11.4 Å². The van der Waals surface area contributed by atoms with Crippen molar-refractivity contribution in [3.63, 3.8) is 0 Å². The van der Waals surface area contributed by atoms with Crippen molar-refractivity contribution >= 4 is 23.2 Å². The largest absolute Gasteiger partial charge is 0.378 e. The minimum Gasteiger partial charge on any atom is -0.378 e. The molecule has 0 saturated carbocycles. The number of rotatable bonds is 4. The lowest BCUT2D eigenvalue weighted by Crippen LogP contribution is -2.38. The number of halogens is 1. The first kappa shape index (κ1) is 20.5. The molecule has 9 heteroatoms. The molecule has 0 unspecified atom stereocenters. The van der Waals surface area contributed by atoms with E-state index in [4.69, 9.17) is 4.74 Å². The number of amides is 2. The van der Waals surface area contributed by atoms with Crippen molar-refractivity contribution in [1.82, 2.24) is 9.55 Å². The molecule has 1 aromatic heterocycles. The van der Waals surface area contributed by atoms with Crippen LogP contribution < -0.4 is 21.1 Å². The number of hydrogen-bond donors (Lipinski definition) is 2. The first-order valence-corrected chi connectivity index (χ1v) is 9.84. The average molecular weight is 423 g/mol. The van der Waals surface area contributed by atoms with E-state index >= 15 is 0 Å². The summed E-state index contributed by atoms with van der Waals surface area (Å²) in [6.07, 6.45) is 0. The molecule has 2 N–H and O–H groups in total. The van der Waals surface area contributed by atoms with Gasteiger partial charge in [-0.3, -0.25) is 9.36 Å². The van der Waals surface area contributed by atoms with Crippen molar-refractivity contribution in [2.24, 2.45) is 7.05 Å². The number of anilines is 3. The van der Waals surface area contributed by atoms with Crippen LogP contribution in [0.3, 0.4) is 0 Å². The molecule has 0 atom stereocenters. The number of urea groups is 1. The topological polar surface area (TPSA) is 88.5 Å². The van der Waals surface area contributed by atoms with Crippen molar-refractivity contribution in [2.45, 2.75) is 0 Å². The van der Waals surface area contributed by atoms with Gasteiger partial charge in [-0.1, -0.05) is 0 Å². The standard InChI is InChI=1S/C22H22FN5O3/c1-27-20(29)14-19(28-10-12-31-13-11-28)26-21(27)15-2-6-17(7-3-15)24-22(30)25-18-8-4-16(23)5-9-18/h2-9,14H,10-13H2,1H3,(H2,24,25,30). The number of benzene rings is 2. The van der Waals surface area contributed by atoms with Crippen LogP contribution in [0.25, 0.3) is 11.4 Å². The van der Waals surface area contributed by atoms with Crippen LogP contribution in [0.2, 0.25) is 0 Å². The molecule has 1 aliphatic heterocycles. The summed E-state index contributed by atoms with van der Waals surface area (Å²) in [5.74, 6) is 0.792. The fraction of sp³-hybridized carbons (Fsp3) is 0.227. The molecule has 0 radical (unpaired) electrons. The Bertz CT molecular complexity index is 1120. The summed E-state index contributed by atoms with van der Waals surface area (Å²) < 4.78 is 19.8. The summed E-state index contributed by atoms with van der Waals surface area (Å²) in [5, 5.41) is 5.35. The molecule has 1 aliphatic rings. The van der Waals surface area contributed by atoms with Crippen LogP contribution >= 0.6 is 0 Å². The maximum atomic E-state index is 13.0. The molecule has 2 amide bonds. The predicted octanol–water partition coefficient (Wildman–Crippen LogP) is 3.07. The highest BCUT2D eigenvalue weighted by Gasteiger charge is 2.16. The van der Waals surface area contributed by atoms with Gasteiger partial charge in [-0.25, -0.2) is 14.2 Å². The highest BCUT2D eigenvalue weighted by molar-refractivity contribution is 5.99. The summed E-state index contributed by atoms with van der Waals surface area (Å²) >= 11 is 0. The van der Waals surface area contributed by atoms with Gasteiger partial charge in [0.05, 0.1) is 13.2 Å². The third-order valence-electron chi connectivity index (χ3n) is 4.96. The van der Waals surface area contributed by atoms with E-state index in [1.54, 1.807) is 31.3 Å². The van der Waals surface area contributed by atoms with Gasteiger partial charge in [-0.15, -0.1) is 0 Å². The molecule has 0 bridgehead atoms. The van der Waals surface area contributed by atoms with Crippen LogP contribution in [0.1, 0.15) is 0 Å². The summed E-state index contributed by atoms with van der Waals surface area (Å²) in [6, 6.07) is 13.6. The zero-order valence-electron chi connectivity index (χ0n) is 17.0. The van der Waals surface area contributed by atoms with Crippen molar-refractivity contribution in [3.8, 4) is 11.4 Å². The van der Waals surface area contributed by atoms with E-state index in [9.17, 15) is 14.0 Å². The van der Waals surface area contributed by atoms with Gasteiger partial charge >= 0.3 is 6.03 Å². The molecule has 0 aliphatic carbocycles. The monoisotopic (exact) mass is 423 g/mol. The Kier molecular flexibility index (Phi) is 5.94. The zero-order valence-corrected chi connectivity index (χ0v) is 17.0. The molecule has 2 heterocycles. The number of ether oxygens (including phenoxy) is 1. The quantitative estimate of drug-likeness (QED) is 0.673. The lowest BCUT2D eigenvalue weighted by molar-refractivity contribution is 0.122. The molecule has 4 rings (SSSR count). The SMILES string of the molecule is Cn1c(-c2ccc(NC(=O)Nc3ccc(F)cc3)cc2)nc(N2CCOCC2)cc1=O. The molecule has 1 fully saturated rings. The van der Waals surface area contributed by atoms with Gasteiger partial charge in [0, 0.05) is 43.1 Å². The molecule has 1 saturated heterocycles. The molecule has 2 aromatic carbocycles. The van der Waals surface area contributed by atoms with Gasteiger partial charge in [0.1, 0.15) is 17.5 Å². The molecule has 160 valence electrons. The molecule has 3 aromatic rings. The maximum Gasteiger partial charge on any atom is 0.323 e. The van der Waals surface area contributed by atoms with Crippen LogP contribution in [0, 0.1) is 5.82 Å². The van der Waals surface area contributed by atoms with Crippen molar-refractivity contribution in [1.29, 1.82) is 0 Å². The maximum absolute atomic E-state index is 13.0. The van der Waals surface area contributed by atoms with Gasteiger partial charge in [0.25, 0.3) is 5.56 Å². The normalized spacial score (nSPS) is 13.7. The Morgan fingerprint density at radius 1 is 1.00 bits per heavy atom. The van der Waals surface area contributed by atoms with E-state index in [0.717, 1.165) is 5.56 Å². The van der Waals surface area contributed by atoms with E-state index in [2.05, 4.69) is 15.6 Å². The molecule has 0 spiro atoms. The van der Waals surface area contributed by atoms with Crippen LogP contribution in [0.15, 0.2) is 59.4 Å². The number of hydrogen-bond acceptors (Lipinski definition) is 5. The Morgan fingerprint density at radius 3 is 2.19 bits per heavy atom. The third-order valence-corrected chi connectivity index (χ3v) is 4.96. The van der Waals surface area contributed by atoms with Crippen molar-refractivity contribution < 1.29 is 13.9 Å². The van der Waals surface area contributed by atoms with Crippen molar-refractivity contribution in [3.05, 3.63) is 70.8 Å². The third kappa shape index (κ3) is 4.89. The second kappa shape index (κ2) is 8.97. The number of nitrogens with one attached hydrogen (secondary N) is 2. The Morgan fingerprint density at radius 2 is 1.58 bits per heavy atom. The minimum atomic E-state index is -0.445. The number of carbonyl (C=O) groups is 1. The number of aromatic nitrogens is 2. The molecular weight excluding hydrogens is 401 g/mol. The number of nitrogens with zero attached hydrogens (tertiary/aromatic N) is 3. The Balaban J connectivity index is 1.49. The van der Waals surface area contributed by atoms with Crippen LogP contribution in [-0.4, -0.2) is 41.9 Å². The van der Waals surface area contributed by atoms with Gasteiger partial charge < -0.3 is 20.3 Å². The fourth-order valence-electron chi connectivity index (χ4n) is 3.27. The molecule has 31 heavy (non-hydrogen) atoms. The van der Waals surface area contributed by atoms with E-state index in [1.807, 2.05) is 4.90 Å². The predicted molar refractivity (Wildman–Crippen MR) is 117 cm³/mol. The van der Waals surface area contributed by atoms with Crippen LogP contribution in [0.5, 0.6) is 0 Å². The van der Waals surface area contributed by atoms with Gasteiger partial charge in [-0.05, 0) is 48.5 Å². The summed E-state index contributed by atoms with van der Waals surface area (Å²) in [5.41, 5.74) is 1.65. The first-order valence-electron chi connectivity index (χ1n) is 9.84. The lowest BCUT2D eigenvalue weighted by Gasteiger charge is -2.28. The molecular formula is C22H22FN5O3. The summed E-state index contributed by atoms with van der Waals surface area (Å²) in [7, 11) is 1.68. The lowest BCUT2D eigenvalue weighted by atomic mass is 10.2. The second-order valence-electron chi connectivity index (χ2n) is 7.10. The smallest absolute Gasteiger partial charge is 0.323 e. The average Bonchev–Trinajstić information content (AvgIpc) is 2.78. The highest BCUT2D eigenvalue weighted by Crippen LogP contribution is 2.21. The minimum absolute atomic E-state index is 0.146.